The number of benzene rings is 1. The summed E-state index contributed by atoms with van der Waals surface area (Å²) >= 11 is 0. The van der Waals surface area contributed by atoms with Gasteiger partial charge in [0.15, 0.2) is 0 Å². The molecule has 92 valence electrons. The standard InChI is InChI=1S/C13H17NO3/c1-16-10-13(15)14-8-7-12(9-14)17-11-5-3-2-4-6-11/h2-6,12H,7-10H2,1H3. The molecule has 2 rings (SSSR count). The van der Waals surface area contributed by atoms with Gasteiger partial charge in [-0.1, -0.05) is 18.2 Å². The summed E-state index contributed by atoms with van der Waals surface area (Å²) in [5.41, 5.74) is 0. The van der Waals surface area contributed by atoms with Crippen LogP contribution in [0.4, 0.5) is 0 Å². The lowest BCUT2D eigenvalue weighted by atomic mass is 10.3. The number of nitrogens with zero attached hydrogens (tertiary/aromatic N) is 1. The summed E-state index contributed by atoms with van der Waals surface area (Å²) in [4.78, 5) is 13.4. The van der Waals surface area contributed by atoms with Gasteiger partial charge in [0.25, 0.3) is 0 Å². The molecule has 1 aliphatic heterocycles. The average Bonchev–Trinajstić information content (AvgIpc) is 2.79. The Bertz CT molecular complexity index is 366. The lowest BCUT2D eigenvalue weighted by Crippen LogP contribution is -2.33. The maximum atomic E-state index is 11.6. The van der Waals surface area contributed by atoms with Crippen LogP contribution in [0.3, 0.4) is 0 Å². The topological polar surface area (TPSA) is 38.8 Å². The van der Waals surface area contributed by atoms with Crippen LogP contribution in [-0.4, -0.2) is 43.7 Å². The van der Waals surface area contributed by atoms with Gasteiger partial charge < -0.3 is 14.4 Å². The fraction of sp³-hybridized carbons (Fsp3) is 0.462. The van der Waals surface area contributed by atoms with E-state index >= 15 is 0 Å². The van der Waals surface area contributed by atoms with Crippen molar-refractivity contribution in [3.05, 3.63) is 30.3 Å². The Hall–Kier alpha value is -1.55. The van der Waals surface area contributed by atoms with Crippen molar-refractivity contribution in [2.75, 3.05) is 26.8 Å². The van der Waals surface area contributed by atoms with E-state index in [1.807, 2.05) is 30.3 Å². The van der Waals surface area contributed by atoms with Crippen molar-refractivity contribution in [2.45, 2.75) is 12.5 Å². The number of hydrogen-bond acceptors (Lipinski definition) is 3. The smallest absolute Gasteiger partial charge is 0.248 e. The Morgan fingerprint density at radius 1 is 1.41 bits per heavy atom. The SMILES string of the molecule is COCC(=O)N1CCC(Oc2ccccc2)C1. The van der Waals surface area contributed by atoms with Crippen molar-refractivity contribution in [3.63, 3.8) is 0 Å². The van der Waals surface area contributed by atoms with Crippen molar-refractivity contribution in [3.8, 4) is 5.75 Å². The summed E-state index contributed by atoms with van der Waals surface area (Å²) in [6.45, 7) is 1.55. The van der Waals surface area contributed by atoms with E-state index in [9.17, 15) is 4.79 Å². The monoisotopic (exact) mass is 235 g/mol. The Kier molecular flexibility index (Phi) is 3.98. The molecular weight excluding hydrogens is 218 g/mol. The third-order valence-electron chi connectivity index (χ3n) is 2.81. The molecular formula is C13H17NO3. The van der Waals surface area contributed by atoms with Gasteiger partial charge in [0, 0.05) is 20.1 Å². The number of hydrogen-bond donors (Lipinski definition) is 0. The second-order valence-electron chi connectivity index (χ2n) is 4.11. The molecule has 1 unspecified atom stereocenters. The fourth-order valence-corrected chi connectivity index (χ4v) is 1.96. The van der Waals surface area contributed by atoms with Gasteiger partial charge in [0.1, 0.15) is 18.5 Å². The molecule has 0 aliphatic carbocycles. The fourth-order valence-electron chi connectivity index (χ4n) is 1.96. The summed E-state index contributed by atoms with van der Waals surface area (Å²) in [6.07, 6.45) is 0.975. The minimum absolute atomic E-state index is 0.0339. The molecule has 0 spiro atoms. The molecule has 0 saturated carbocycles. The predicted octanol–water partition coefficient (Wildman–Crippen LogP) is 1.31. The molecule has 1 amide bonds. The largest absolute Gasteiger partial charge is 0.489 e. The number of methoxy groups -OCH3 is 1. The molecule has 1 aromatic carbocycles. The first-order valence-electron chi connectivity index (χ1n) is 5.78. The highest BCUT2D eigenvalue weighted by Crippen LogP contribution is 2.17. The first-order valence-corrected chi connectivity index (χ1v) is 5.78. The van der Waals surface area contributed by atoms with Gasteiger partial charge >= 0.3 is 0 Å². The van der Waals surface area contributed by atoms with E-state index in [2.05, 4.69) is 0 Å². The van der Waals surface area contributed by atoms with Crippen LogP contribution in [-0.2, 0) is 9.53 Å². The second kappa shape index (κ2) is 5.68. The first kappa shape index (κ1) is 11.9. The summed E-state index contributed by atoms with van der Waals surface area (Å²) in [6, 6.07) is 9.70. The zero-order chi connectivity index (χ0) is 12.1. The Labute approximate surface area is 101 Å². The molecule has 0 aromatic heterocycles. The van der Waals surface area contributed by atoms with Crippen molar-refractivity contribution >= 4 is 5.91 Å². The number of likely N-dealkylation sites (tertiary alicyclic amines) is 1. The number of carbonyl (C=O) groups excluding carboxylic acids is 1. The molecule has 1 fully saturated rings. The Morgan fingerprint density at radius 3 is 2.88 bits per heavy atom. The highest BCUT2D eigenvalue weighted by atomic mass is 16.5. The van der Waals surface area contributed by atoms with Crippen LogP contribution in [0.25, 0.3) is 0 Å². The molecule has 1 aliphatic rings. The van der Waals surface area contributed by atoms with Crippen LogP contribution in [0.5, 0.6) is 5.75 Å². The molecule has 1 saturated heterocycles. The maximum Gasteiger partial charge on any atom is 0.248 e. The van der Waals surface area contributed by atoms with E-state index in [4.69, 9.17) is 9.47 Å². The Morgan fingerprint density at radius 2 is 2.18 bits per heavy atom. The van der Waals surface area contributed by atoms with Crippen molar-refractivity contribution in [2.24, 2.45) is 0 Å². The van der Waals surface area contributed by atoms with Gasteiger partial charge in [0.05, 0.1) is 6.54 Å². The highest BCUT2D eigenvalue weighted by molar-refractivity contribution is 5.77. The van der Waals surface area contributed by atoms with E-state index in [0.717, 1.165) is 18.7 Å². The van der Waals surface area contributed by atoms with E-state index < -0.39 is 0 Å². The number of carbonyl (C=O) groups is 1. The molecule has 0 bridgehead atoms. The maximum absolute atomic E-state index is 11.6. The highest BCUT2D eigenvalue weighted by Gasteiger charge is 2.27. The number of para-hydroxylation sites is 1. The molecule has 0 radical (unpaired) electrons. The van der Waals surface area contributed by atoms with Crippen molar-refractivity contribution < 1.29 is 14.3 Å². The molecule has 17 heavy (non-hydrogen) atoms. The second-order valence-corrected chi connectivity index (χ2v) is 4.11. The first-order chi connectivity index (χ1) is 8.29. The summed E-state index contributed by atoms with van der Waals surface area (Å²) < 4.78 is 10.6. The number of ether oxygens (including phenoxy) is 2. The lowest BCUT2D eigenvalue weighted by molar-refractivity contribution is -0.134. The van der Waals surface area contributed by atoms with Crippen LogP contribution in [0, 0.1) is 0 Å². The molecule has 0 N–H and O–H groups in total. The van der Waals surface area contributed by atoms with Crippen LogP contribution >= 0.6 is 0 Å². The quantitative estimate of drug-likeness (QED) is 0.790. The van der Waals surface area contributed by atoms with Crippen LogP contribution in [0.15, 0.2) is 30.3 Å². The van der Waals surface area contributed by atoms with Crippen LogP contribution in [0.2, 0.25) is 0 Å². The molecule has 4 heteroatoms. The van der Waals surface area contributed by atoms with Gasteiger partial charge in [-0.05, 0) is 12.1 Å². The van der Waals surface area contributed by atoms with E-state index in [1.165, 1.54) is 7.11 Å². The zero-order valence-corrected chi connectivity index (χ0v) is 9.96. The summed E-state index contributed by atoms with van der Waals surface area (Å²) in [5, 5.41) is 0. The van der Waals surface area contributed by atoms with Crippen molar-refractivity contribution in [1.82, 2.24) is 4.90 Å². The van der Waals surface area contributed by atoms with Crippen LogP contribution < -0.4 is 4.74 Å². The van der Waals surface area contributed by atoms with Crippen LogP contribution in [0.1, 0.15) is 6.42 Å². The third-order valence-corrected chi connectivity index (χ3v) is 2.81. The van der Waals surface area contributed by atoms with Gasteiger partial charge in [-0.25, -0.2) is 0 Å². The summed E-state index contributed by atoms with van der Waals surface area (Å²) in [7, 11) is 1.53. The molecule has 1 heterocycles. The molecule has 1 aromatic rings. The van der Waals surface area contributed by atoms with E-state index in [1.54, 1.807) is 4.90 Å². The van der Waals surface area contributed by atoms with E-state index in [-0.39, 0.29) is 18.6 Å². The lowest BCUT2D eigenvalue weighted by Gasteiger charge is -2.16. The third kappa shape index (κ3) is 3.20. The van der Waals surface area contributed by atoms with Gasteiger partial charge in [-0.3, -0.25) is 4.79 Å². The number of rotatable bonds is 4. The zero-order valence-electron chi connectivity index (χ0n) is 9.96. The van der Waals surface area contributed by atoms with Gasteiger partial charge in [-0.2, -0.15) is 0 Å². The molecule has 4 nitrogen and oxygen atoms in total. The molecule has 1 atom stereocenters. The minimum atomic E-state index is 0.0339. The summed E-state index contributed by atoms with van der Waals surface area (Å²) in [5.74, 6) is 0.894. The minimum Gasteiger partial charge on any atom is -0.489 e. The average molecular weight is 235 g/mol. The number of amides is 1. The Balaban J connectivity index is 1.84. The van der Waals surface area contributed by atoms with Gasteiger partial charge in [-0.15, -0.1) is 0 Å². The van der Waals surface area contributed by atoms with Gasteiger partial charge in [0.2, 0.25) is 5.91 Å². The predicted molar refractivity (Wildman–Crippen MR) is 63.9 cm³/mol. The van der Waals surface area contributed by atoms with Crippen molar-refractivity contribution in [1.29, 1.82) is 0 Å². The normalized spacial score (nSPS) is 19.4. The van der Waals surface area contributed by atoms with E-state index in [0.29, 0.717) is 6.54 Å².